The van der Waals surface area contributed by atoms with E-state index in [0.29, 0.717) is 5.92 Å². The molecule has 5 aromatic rings. The van der Waals surface area contributed by atoms with Crippen LogP contribution in [0.3, 0.4) is 0 Å². The summed E-state index contributed by atoms with van der Waals surface area (Å²) in [6.45, 7) is 5.08. The van der Waals surface area contributed by atoms with Crippen LogP contribution in [0.25, 0.3) is 50.4 Å². The summed E-state index contributed by atoms with van der Waals surface area (Å²) in [5, 5.41) is 0. The molecule has 4 bridgehead atoms. The van der Waals surface area contributed by atoms with Gasteiger partial charge in [-0.15, -0.1) is 0 Å². The Kier molecular flexibility index (Phi) is 5.36. The lowest BCUT2D eigenvalue weighted by molar-refractivity contribution is -0.0404. The van der Waals surface area contributed by atoms with Gasteiger partial charge in [0.1, 0.15) is 5.82 Å². The molecule has 4 saturated carbocycles. The van der Waals surface area contributed by atoms with E-state index >= 15 is 0 Å². The SMILES string of the molecule is CC1(C)c2c(cccc2-c2nc3ccccc3n2C2=CC=CC3=CC=CCC32)-c2ccc3c(c21)C1(c2ccccc2-3)C2CC3CC(C2)CC1C3. The van der Waals surface area contributed by atoms with Gasteiger partial charge in [-0.3, -0.25) is 4.57 Å². The van der Waals surface area contributed by atoms with E-state index in [0.717, 1.165) is 41.4 Å². The molecule has 8 aliphatic rings. The molecule has 8 aliphatic carbocycles. The van der Waals surface area contributed by atoms with Crippen molar-refractivity contribution in [1.82, 2.24) is 9.55 Å². The van der Waals surface area contributed by atoms with Gasteiger partial charge < -0.3 is 0 Å². The Bertz CT molecular complexity index is 2430. The molecule has 0 amide bonds. The topological polar surface area (TPSA) is 17.8 Å². The van der Waals surface area contributed by atoms with Crippen molar-refractivity contribution in [3.8, 4) is 33.6 Å². The molecule has 1 atom stereocenters. The fraction of sp³-hybridized carbons (Fsp3) is 0.312. The van der Waals surface area contributed by atoms with Crippen LogP contribution in [0.1, 0.15) is 74.6 Å². The minimum absolute atomic E-state index is 0.133. The molecular weight excluding hydrogens is 605 g/mol. The maximum Gasteiger partial charge on any atom is 0.145 e. The quantitative estimate of drug-likeness (QED) is 0.187. The summed E-state index contributed by atoms with van der Waals surface area (Å²) in [5.74, 6) is 4.74. The van der Waals surface area contributed by atoms with Gasteiger partial charge in [0, 0.05) is 28.0 Å². The van der Waals surface area contributed by atoms with Crippen molar-refractivity contribution < 1.29 is 0 Å². The van der Waals surface area contributed by atoms with Gasteiger partial charge in [-0.05, 0) is 130 Å². The largest absolute Gasteiger partial charge is 0.295 e. The minimum atomic E-state index is -0.182. The highest BCUT2D eigenvalue weighted by Gasteiger charge is 2.63. The summed E-state index contributed by atoms with van der Waals surface area (Å²) in [4.78, 5) is 5.51. The number of para-hydroxylation sites is 2. The summed E-state index contributed by atoms with van der Waals surface area (Å²) in [7, 11) is 0. The Labute approximate surface area is 295 Å². The first-order valence-corrected chi connectivity index (χ1v) is 19.2. The van der Waals surface area contributed by atoms with E-state index in [9.17, 15) is 0 Å². The number of imidazole rings is 1. The molecule has 0 radical (unpaired) electrons. The number of hydrogen-bond acceptors (Lipinski definition) is 1. The average Bonchev–Trinajstić information content (AvgIpc) is 3.75. The molecule has 2 heteroatoms. The second kappa shape index (κ2) is 9.55. The van der Waals surface area contributed by atoms with E-state index in [4.69, 9.17) is 4.98 Å². The molecule has 2 nitrogen and oxygen atoms in total. The lowest BCUT2D eigenvalue weighted by Crippen LogP contribution is -2.55. The van der Waals surface area contributed by atoms with Crippen LogP contribution in [0.5, 0.6) is 0 Å². The average molecular weight is 647 g/mol. The first kappa shape index (κ1) is 28.1. The highest BCUT2D eigenvalue weighted by molar-refractivity contribution is 5.96. The van der Waals surface area contributed by atoms with Crippen LogP contribution in [-0.4, -0.2) is 9.55 Å². The second-order valence-corrected chi connectivity index (χ2v) is 17.1. The van der Waals surface area contributed by atoms with E-state index in [-0.39, 0.29) is 10.8 Å². The lowest BCUT2D eigenvalue weighted by Gasteiger charge is -2.61. The van der Waals surface area contributed by atoms with Gasteiger partial charge in [0.15, 0.2) is 0 Å². The van der Waals surface area contributed by atoms with E-state index in [1.165, 1.54) is 82.3 Å². The number of allylic oxidation sites excluding steroid dienone is 8. The van der Waals surface area contributed by atoms with Crippen molar-refractivity contribution in [2.45, 2.75) is 63.2 Å². The Balaban J connectivity index is 1.11. The van der Waals surface area contributed by atoms with Crippen LogP contribution in [0.15, 0.2) is 121 Å². The number of aromatic nitrogens is 2. The van der Waals surface area contributed by atoms with Gasteiger partial charge in [0.2, 0.25) is 0 Å². The van der Waals surface area contributed by atoms with Gasteiger partial charge in [-0.1, -0.05) is 111 Å². The standard InChI is InChI=1S/C48H42N2/c1-47(2)43-35(15-10-16-38(43)46-49-40-18-7-8-19-42(40)50(46)41-20-9-12-30-11-3-4-13-33(30)41)37-22-21-36-34-14-5-6-17-39(34)48(45(36)44(37)47)31-24-28-23-29(26-31)27-32(48)25-28/h3-12,14-22,28-29,31-33H,13,23-27H2,1-2H3. The van der Waals surface area contributed by atoms with Gasteiger partial charge in [0.05, 0.1) is 11.0 Å². The Morgan fingerprint density at radius 3 is 2.18 bits per heavy atom. The van der Waals surface area contributed by atoms with Gasteiger partial charge in [-0.25, -0.2) is 4.98 Å². The number of benzene rings is 4. The zero-order chi connectivity index (χ0) is 32.9. The maximum atomic E-state index is 5.51. The second-order valence-electron chi connectivity index (χ2n) is 17.1. The number of fused-ring (bicyclic) bond motifs is 9. The summed E-state index contributed by atoms with van der Waals surface area (Å²) < 4.78 is 2.50. The van der Waals surface area contributed by atoms with E-state index < -0.39 is 0 Å². The molecule has 0 N–H and O–H groups in total. The van der Waals surface area contributed by atoms with Crippen molar-refractivity contribution in [2.75, 3.05) is 0 Å². The lowest BCUT2D eigenvalue weighted by atomic mass is 9.42. The van der Waals surface area contributed by atoms with Crippen LogP contribution >= 0.6 is 0 Å². The predicted octanol–water partition coefficient (Wildman–Crippen LogP) is 11.6. The monoisotopic (exact) mass is 646 g/mol. The third-order valence-electron chi connectivity index (χ3n) is 14.5. The van der Waals surface area contributed by atoms with Gasteiger partial charge in [0.25, 0.3) is 0 Å². The molecule has 13 rings (SSSR count). The van der Waals surface area contributed by atoms with Crippen LogP contribution in [0.2, 0.25) is 0 Å². The first-order valence-electron chi connectivity index (χ1n) is 19.2. The molecule has 1 spiro atoms. The van der Waals surface area contributed by atoms with Crippen molar-refractivity contribution in [3.05, 3.63) is 143 Å². The molecule has 4 aromatic carbocycles. The third kappa shape index (κ3) is 3.30. The molecule has 244 valence electrons. The minimum Gasteiger partial charge on any atom is -0.295 e. The van der Waals surface area contributed by atoms with Crippen LogP contribution < -0.4 is 0 Å². The summed E-state index contributed by atoms with van der Waals surface area (Å²) in [5.41, 5.74) is 18.5. The van der Waals surface area contributed by atoms with Crippen LogP contribution in [0, 0.1) is 29.6 Å². The highest BCUT2D eigenvalue weighted by atomic mass is 15.1. The van der Waals surface area contributed by atoms with Crippen LogP contribution in [0.4, 0.5) is 0 Å². The fourth-order valence-electron chi connectivity index (χ4n) is 13.1. The molecule has 4 fully saturated rings. The highest BCUT2D eigenvalue weighted by Crippen LogP contribution is 2.72. The molecule has 1 unspecified atom stereocenters. The first-order chi connectivity index (χ1) is 24.5. The summed E-state index contributed by atoms with van der Waals surface area (Å²) >= 11 is 0. The molecule has 1 heterocycles. The van der Waals surface area contributed by atoms with Crippen molar-refractivity contribution in [1.29, 1.82) is 0 Å². The van der Waals surface area contributed by atoms with Crippen molar-refractivity contribution in [2.24, 2.45) is 29.6 Å². The predicted molar refractivity (Wildman–Crippen MR) is 205 cm³/mol. The van der Waals surface area contributed by atoms with E-state index in [2.05, 4.69) is 134 Å². The number of nitrogens with zero attached hydrogens (tertiary/aromatic N) is 2. The Hall–Kier alpha value is -4.69. The Morgan fingerprint density at radius 2 is 1.34 bits per heavy atom. The Morgan fingerprint density at radius 1 is 0.640 bits per heavy atom. The maximum absolute atomic E-state index is 5.51. The zero-order valence-corrected chi connectivity index (χ0v) is 29.0. The van der Waals surface area contributed by atoms with Gasteiger partial charge >= 0.3 is 0 Å². The fourth-order valence-corrected chi connectivity index (χ4v) is 13.1. The number of hydrogen-bond donors (Lipinski definition) is 0. The normalized spacial score (nSPS) is 29.8. The molecule has 50 heavy (non-hydrogen) atoms. The molecule has 1 aromatic heterocycles. The summed E-state index contributed by atoms with van der Waals surface area (Å²) in [6, 6.07) is 30.4. The summed E-state index contributed by atoms with van der Waals surface area (Å²) in [6.07, 6.45) is 21.8. The van der Waals surface area contributed by atoms with Crippen molar-refractivity contribution >= 4 is 16.7 Å². The third-order valence-corrected chi connectivity index (χ3v) is 14.5. The van der Waals surface area contributed by atoms with E-state index in [1.54, 1.807) is 16.7 Å². The number of rotatable bonds is 2. The van der Waals surface area contributed by atoms with Crippen molar-refractivity contribution in [3.63, 3.8) is 0 Å². The zero-order valence-electron chi connectivity index (χ0n) is 29.0. The van der Waals surface area contributed by atoms with E-state index in [1.807, 2.05) is 0 Å². The molecule has 0 saturated heterocycles. The smallest absolute Gasteiger partial charge is 0.145 e. The van der Waals surface area contributed by atoms with Crippen LogP contribution in [-0.2, 0) is 10.8 Å². The molecule has 0 aliphatic heterocycles. The molecular formula is C48H42N2. The van der Waals surface area contributed by atoms with Gasteiger partial charge in [-0.2, -0.15) is 0 Å².